The van der Waals surface area contributed by atoms with Gasteiger partial charge in [-0.05, 0) is 17.7 Å². The zero-order valence-electron chi connectivity index (χ0n) is 5.16. The molecular formula is C8H4NS. The summed E-state index contributed by atoms with van der Waals surface area (Å²) in [5.74, 6) is 0. The first-order chi connectivity index (χ1) is 4.86. The van der Waals surface area contributed by atoms with Crippen molar-refractivity contribution < 1.29 is 0 Å². The Morgan fingerprint density at radius 1 is 1.30 bits per heavy atom. The van der Waals surface area contributed by atoms with Gasteiger partial charge in [-0.1, -0.05) is 24.4 Å². The van der Waals surface area contributed by atoms with E-state index in [0.717, 1.165) is 5.56 Å². The maximum atomic E-state index is 8.45. The molecule has 1 nitrogen and oxygen atoms in total. The van der Waals surface area contributed by atoms with Gasteiger partial charge in [0, 0.05) is 0 Å². The molecular weight excluding hydrogens is 142 g/mol. The number of nitriles is 1. The number of hydrogen-bond donors (Lipinski definition) is 0. The molecule has 1 rings (SSSR count). The maximum Gasteiger partial charge on any atom is 0.0991 e. The average molecular weight is 146 g/mol. The monoisotopic (exact) mass is 146 g/mol. The lowest BCUT2D eigenvalue weighted by molar-refractivity contribution is 1.48. The Bertz CT molecular complexity index is 286. The third-order valence-corrected chi connectivity index (χ3v) is 1.35. The van der Waals surface area contributed by atoms with Crippen LogP contribution < -0.4 is 0 Å². The Hall–Kier alpha value is -1.20. The molecule has 0 aliphatic carbocycles. The zero-order chi connectivity index (χ0) is 7.40. The van der Waals surface area contributed by atoms with Crippen LogP contribution in [0.1, 0.15) is 11.1 Å². The van der Waals surface area contributed by atoms with E-state index in [9.17, 15) is 0 Å². The lowest BCUT2D eigenvalue weighted by atomic mass is 10.2. The van der Waals surface area contributed by atoms with Crippen LogP contribution in [-0.2, 0) is 0 Å². The predicted octanol–water partition coefficient (Wildman–Crippen LogP) is 1.78. The normalized spacial score (nSPS) is 8.30. The third kappa shape index (κ3) is 1.40. The number of benzene rings is 1. The average Bonchev–Trinajstić information content (AvgIpc) is 2.05. The molecule has 0 aromatic heterocycles. The second-order valence-electron chi connectivity index (χ2n) is 1.79. The molecule has 0 N–H and O–H groups in total. The molecule has 0 aliphatic heterocycles. The molecule has 1 radical (unpaired) electrons. The molecule has 0 bridgehead atoms. The van der Waals surface area contributed by atoms with Gasteiger partial charge in [-0.25, -0.2) is 0 Å². The Balaban J connectivity index is 3.13. The summed E-state index contributed by atoms with van der Waals surface area (Å²) in [6, 6.07) is 9.05. The summed E-state index contributed by atoms with van der Waals surface area (Å²) in [5.41, 5.74) is 1.41. The summed E-state index contributed by atoms with van der Waals surface area (Å²) in [5, 5.41) is 11.0. The van der Waals surface area contributed by atoms with Gasteiger partial charge in [0.15, 0.2) is 0 Å². The van der Waals surface area contributed by atoms with Gasteiger partial charge in [-0.2, -0.15) is 5.26 Å². The van der Waals surface area contributed by atoms with Crippen molar-refractivity contribution in [2.45, 2.75) is 0 Å². The van der Waals surface area contributed by atoms with Crippen LogP contribution in [0.4, 0.5) is 0 Å². The Kier molecular flexibility index (Phi) is 2.14. The Morgan fingerprint density at radius 2 is 2.00 bits per heavy atom. The molecule has 0 saturated carbocycles. The van der Waals surface area contributed by atoms with Crippen molar-refractivity contribution in [3.05, 3.63) is 35.4 Å². The minimum absolute atomic E-state index is 0.620. The van der Waals surface area contributed by atoms with Crippen LogP contribution in [0, 0.1) is 11.3 Å². The van der Waals surface area contributed by atoms with Crippen molar-refractivity contribution in [3.63, 3.8) is 0 Å². The molecule has 2 heteroatoms. The lowest BCUT2D eigenvalue weighted by Crippen LogP contribution is -1.78. The number of thiocarbonyl (C=S) groups is 1. The van der Waals surface area contributed by atoms with Gasteiger partial charge in [0.05, 0.1) is 17.0 Å². The summed E-state index contributed by atoms with van der Waals surface area (Å²) >= 11 is 4.57. The highest BCUT2D eigenvalue weighted by Crippen LogP contribution is 2.00. The van der Waals surface area contributed by atoms with E-state index < -0.39 is 0 Å². The molecule has 0 atom stereocenters. The van der Waals surface area contributed by atoms with Crippen molar-refractivity contribution in [2.24, 2.45) is 0 Å². The number of hydrogen-bond acceptors (Lipinski definition) is 2. The first kappa shape index (κ1) is 6.91. The first-order valence-corrected chi connectivity index (χ1v) is 3.16. The molecule has 0 saturated heterocycles. The predicted molar refractivity (Wildman–Crippen MR) is 42.9 cm³/mol. The topological polar surface area (TPSA) is 23.8 Å². The van der Waals surface area contributed by atoms with E-state index in [1.54, 1.807) is 18.2 Å². The summed E-state index contributed by atoms with van der Waals surface area (Å²) in [4.78, 5) is 0. The second-order valence-corrected chi connectivity index (χ2v) is 2.00. The maximum absolute atomic E-state index is 8.45. The van der Waals surface area contributed by atoms with E-state index in [2.05, 4.69) is 17.6 Å². The van der Waals surface area contributed by atoms with Gasteiger partial charge < -0.3 is 0 Å². The SMILES string of the molecule is N#Cc1cccc([C]=S)c1. The summed E-state index contributed by atoms with van der Waals surface area (Å²) in [7, 11) is 0. The summed E-state index contributed by atoms with van der Waals surface area (Å²) in [6.45, 7) is 0. The standard InChI is InChI=1S/C8H4NS/c9-5-7-2-1-3-8(4-7)6-10/h1-4H. The van der Waals surface area contributed by atoms with Gasteiger partial charge in [0.1, 0.15) is 0 Å². The van der Waals surface area contributed by atoms with E-state index in [0.29, 0.717) is 5.56 Å². The van der Waals surface area contributed by atoms with Crippen LogP contribution in [0.2, 0.25) is 0 Å². The number of rotatable bonds is 1. The van der Waals surface area contributed by atoms with Crippen molar-refractivity contribution in [1.82, 2.24) is 0 Å². The molecule has 10 heavy (non-hydrogen) atoms. The van der Waals surface area contributed by atoms with Gasteiger partial charge >= 0.3 is 0 Å². The molecule has 0 heterocycles. The molecule has 1 aromatic carbocycles. The van der Waals surface area contributed by atoms with Crippen LogP contribution in [0.25, 0.3) is 0 Å². The largest absolute Gasteiger partial charge is 0.192 e. The van der Waals surface area contributed by atoms with Crippen LogP contribution in [0.5, 0.6) is 0 Å². The minimum Gasteiger partial charge on any atom is -0.192 e. The number of nitrogens with zero attached hydrogens (tertiary/aromatic N) is 1. The van der Waals surface area contributed by atoms with Crippen LogP contribution in [-0.4, -0.2) is 5.37 Å². The van der Waals surface area contributed by atoms with Gasteiger partial charge in [0.2, 0.25) is 0 Å². The zero-order valence-corrected chi connectivity index (χ0v) is 5.98. The van der Waals surface area contributed by atoms with Crippen LogP contribution >= 0.6 is 12.2 Å². The van der Waals surface area contributed by atoms with E-state index >= 15 is 0 Å². The minimum atomic E-state index is 0.620. The molecule has 47 valence electrons. The molecule has 0 aliphatic rings. The summed E-state index contributed by atoms with van der Waals surface area (Å²) in [6.07, 6.45) is 0. The van der Waals surface area contributed by atoms with E-state index in [1.807, 2.05) is 12.1 Å². The highest BCUT2D eigenvalue weighted by Gasteiger charge is 1.89. The van der Waals surface area contributed by atoms with Crippen LogP contribution in [0.15, 0.2) is 24.3 Å². The van der Waals surface area contributed by atoms with Crippen molar-refractivity contribution in [1.29, 1.82) is 5.26 Å². The van der Waals surface area contributed by atoms with E-state index in [4.69, 9.17) is 5.26 Å². The fraction of sp³-hybridized carbons (Fsp3) is 0. The molecule has 0 spiro atoms. The quantitative estimate of drug-likeness (QED) is 0.564. The first-order valence-electron chi connectivity index (χ1n) is 2.75. The Morgan fingerprint density at radius 3 is 2.60 bits per heavy atom. The second kappa shape index (κ2) is 3.09. The molecule has 0 unspecified atom stereocenters. The van der Waals surface area contributed by atoms with E-state index in [-0.39, 0.29) is 0 Å². The smallest absolute Gasteiger partial charge is 0.0991 e. The molecule has 1 aromatic rings. The van der Waals surface area contributed by atoms with Gasteiger partial charge in [-0.3, -0.25) is 0 Å². The van der Waals surface area contributed by atoms with E-state index in [1.165, 1.54) is 0 Å². The molecule has 0 amide bonds. The van der Waals surface area contributed by atoms with Crippen molar-refractivity contribution in [3.8, 4) is 6.07 Å². The van der Waals surface area contributed by atoms with Crippen LogP contribution in [0.3, 0.4) is 0 Å². The lowest BCUT2D eigenvalue weighted by Gasteiger charge is -1.88. The third-order valence-electron chi connectivity index (χ3n) is 1.11. The van der Waals surface area contributed by atoms with Gasteiger partial charge in [0.25, 0.3) is 0 Å². The van der Waals surface area contributed by atoms with Gasteiger partial charge in [-0.15, -0.1) is 0 Å². The highest BCUT2D eigenvalue weighted by molar-refractivity contribution is 7.79. The van der Waals surface area contributed by atoms with Crippen molar-refractivity contribution >= 4 is 17.6 Å². The fourth-order valence-corrected chi connectivity index (χ4v) is 0.779. The summed E-state index contributed by atoms with van der Waals surface area (Å²) < 4.78 is 0. The fourth-order valence-electron chi connectivity index (χ4n) is 0.652. The van der Waals surface area contributed by atoms with Crippen molar-refractivity contribution in [2.75, 3.05) is 0 Å². The Labute approximate surface area is 64.9 Å². The molecule has 0 fully saturated rings. The highest BCUT2D eigenvalue weighted by atomic mass is 32.1.